The molecule has 4 N–H and O–H groups in total. The van der Waals surface area contributed by atoms with Crippen molar-refractivity contribution >= 4 is 38.9 Å². The molecule has 0 bridgehead atoms. The number of aromatic nitrogens is 1. The topological polar surface area (TPSA) is 170 Å². The quantitative estimate of drug-likeness (QED) is 0.331. The lowest BCUT2D eigenvalue weighted by molar-refractivity contribution is 0.0569. The predicted octanol–water partition coefficient (Wildman–Crippen LogP) is 3.98. The molecule has 0 unspecified atom stereocenters. The number of aromatic amines is 1. The lowest BCUT2D eigenvalue weighted by Crippen LogP contribution is -2.45. The summed E-state index contributed by atoms with van der Waals surface area (Å²) < 4.78 is 32.9. The fourth-order valence-electron chi connectivity index (χ4n) is 4.55. The third-order valence-electron chi connectivity index (χ3n) is 6.30. The van der Waals surface area contributed by atoms with Gasteiger partial charge >= 0.3 is 16.3 Å². The molecule has 1 aromatic heterocycles. The minimum absolute atomic E-state index is 0. The molecule has 12 heteroatoms. The first-order valence-corrected chi connectivity index (χ1v) is 13.7. The zero-order chi connectivity index (χ0) is 28.8. The summed E-state index contributed by atoms with van der Waals surface area (Å²) in [7, 11) is -4.18. The highest BCUT2D eigenvalue weighted by Crippen LogP contribution is 2.44. The zero-order valence-electron chi connectivity index (χ0n) is 22.2. The molecule has 0 radical (unpaired) electrons. The van der Waals surface area contributed by atoms with Crippen molar-refractivity contribution in [3.63, 3.8) is 0 Å². The number of H-pyrrole nitrogens is 1. The molecule has 1 heterocycles. The number of nitriles is 1. The minimum atomic E-state index is -4.18. The van der Waals surface area contributed by atoms with E-state index in [0.29, 0.717) is 39.0 Å². The second-order valence-electron chi connectivity index (χ2n) is 10.7. The largest absolute Gasteiger partial charge is 0.443 e. The molecule has 0 atom stereocenters. The van der Waals surface area contributed by atoms with Crippen molar-refractivity contribution in [2.24, 2.45) is 0 Å². The van der Waals surface area contributed by atoms with Crippen LogP contribution in [0.25, 0.3) is 10.9 Å². The number of carbonyl (C=O) groups is 3. The first-order chi connectivity index (χ1) is 18.1. The van der Waals surface area contributed by atoms with Gasteiger partial charge < -0.3 is 15.0 Å². The normalized spacial score (nSPS) is 14.2. The minimum Gasteiger partial charge on any atom is -0.443 e. The van der Waals surface area contributed by atoms with Gasteiger partial charge in [-0.3, -0.25) is 9.59 Å². The molecule has 0 saturated carbocycles. The summed E-state index contributed by atoms with van der Waals surface area (Å²) in [5, 5.41) is 12.6. The predicted molar refractivity (Wildman–Crippen MR) is 152 cm³/mol. The molecule has 1 aliphatic carbocycles. The van der Waals surface area contributed by atoms with Crippen LogP contribution in [0.3, 0.4) is 0 Å². The molecule has 1 aliphatic rings. The number of carbonyl (C=O) groups excluding carboxylic acids is 3. The average molecular weight is 560 g/mol. The number of hydrogen-bond donors (Lipinski definition) is 4. The summed E-state index contributed by atoms with van der Waals surface area (Å²) in [6, 6.07) is 12.1. The summed E-state index contributed by atoms with van der Waals surface area (Å²) in [5.41, 5.74) is 2.36. The molecular formula is C27H37N5O6S. The van der Waals surface area contributed by atoms with Crippen LogP contribution in [0.15, 0.2) is 36.4 Å². The van der Waals surface area contributed by atoms with Gasteiger partial charge in [0.25, 0.3) is 5.91 Å². The Morgan fingerprint density at radius 1 is 1.13 bits per heavy atom. The number of amides is 2. The summed E-state index contributed by atoms with van der Waals surface area (Å²) >= 11 is 0. The molecule has 0 spiro atoms. The standard InChI is InChI=1S/C27H29N5O6S.4H2/c1-26(2,3)38-25(35)32-39(36,37)30-11-10-29-24(34)16-7-9-17-19(13-16)27(4,5)23-21(22(17)33)18-8-6-15(14-28)12-20(18)31-23;;;;/h6-9,12-13,30-31H,10-11H2,1-5H3,(H,29,34)(H,32,35);4*1H. The number of rotatable bonds is 6. The van der Waals surface area contributed by atoms with E-state index in [1.54, 1.807) is 61.9 Å². The number of ketones is 1. The van der Waals surface area contributed by atoms with Crippen molar-refractivity contribution in [1.29, 1.82) is 5.26 Å². The van der Waals surface area contributed by atoms with Gasteiger partial charge in [-0.05, 0) is 56.7 Å². The summed E-state index contributed by atoms with van der Waals surface area (Å²) in [6.45, 7) is 8.47. The van der Waals surface area contributed by atoms with Crippen molar-refractivity contribution in [2.45, 2.75) is 45.6 Å². The Balaban J connectivity index is 0.00000441. The Kier molecular flexibility index (Phi) is 7.01. The summed E-state index contributed by atoms with van der Waals surface area (Å²) in [5.74, 6) is -0.629. The number of benzene rings is 2. The molecule has 39 heavy (non-hydrogen) atoms. The maximum Gasteiger partial charge on any atom is 0.422 e. The molecule has 3 aromatic rings. The van der Waals surface area contributed by atoms with E-state index in [1.165, 1.54) is 0 Å². The highest BCUT2D eigenvalue weighted by molar-refractivity contribution is 7.88. The lowest BCUT2D eigenvalue weighted by Gasteiger charge is -2.32. The fourth-order valence-corrected chi connectivity index (χ4v) is 5.25. The highest BCUT2D eigenvalue weighted by Gasteiger charge is 2.40. The summed E-state index contributed by atoms with van der Waals surface area (Å²) in [6.07, 6.45) is -1.12. The van der Waals surface area contributed by atoms with Gasteiger partial charge in [-0.1, -0.05) is 19.9 Å². The highest BCUT2D eigenvalue weighted by atomic mass is 32.2. The second-order valence-corrected chi connectivity index (χ2v) is 12.2. The number of nitrogens with one attached hydrogen (secondary N) is 4. The van der Waals surface area contributed by atoms with Crippen LogP contribution in [0.1, 0.15) is 83.4 Å². The van der Waals surface area contributed by atoms with Crippen LogP contribution < -0.4 is 14.8 Å². The maximum atomic E-state index is 13.5. The molecule has 2 amide bonds. The number of ether oxygens (including phenoxy) is 1. The van der Waals surface area contributed by atoms with E-state index in [0.717, 1.165) is 5.39 Å². The van der Waals surface area contributed by atoms with Crippen molar-refractivity contribution in [3.8, 4) is 6.07 Å². The third kappa shape index (κ3) is 5.64. The molecule has 212 valence electrons. The van der Waals surface area contributed by atoms with Crippen molar-refractivity contribution < 1.29 is 33.2 Å². The van der Waals surface area contributed by atoms with Crippen LogP contribution in [0.4, 0.5) is 4.79 Å². The van der Waals surface area contributed by atoms with Gasteiger partial charge in [0.15, 0.2) is 5.78 Å². The van der Waals surface area contributed by atoms with Gasteiger partial charge in [0.05, 0.1) is 17.2 Å². The van der Waals surface area contributed by atoms with E-state index in [1.807, 2.05) is 13.8 Å². The Labute approximate surface area is 232 Å². The Morgan fingerprint density at radius 2 is 1.85 bits per heavy atom. The average Bonchev–Trinajstić information content (AvgIpc) is 3.23. The Hall–Kier alpha value is -4.21. The molecular weight excluding hydrogens is 522 g/mol. The second kappa shape index (κ2) is 9.83. The van der Waals surface area contributed by atoms with Crippen LogP contribution in [0.2, 0.25) is 0 Å². The van der Waals surface area contributed by atoms with Gasteiger partial charge in [-0.15, -0.1) is 0 Å². The van der Waals surface area contributed by atoms with Crippen molar-refractivity contribution in [1.82, 2.24) is 19.7 Å². The van der Waals surface area contributed by atoms with E-state index < -0.39 is 33.2 Å². The first-order valence-electron chi connectivity index (χ1n) is 12.2. The molecule has 0 aliphatic heterocycles. The lowest BCUT2D eigenvalue weighted by atomic mass is 9.71. The van der Waals surface area contributed by atoms with Crippen LogP contribution in [0.5, 0.6) is 0 Å². The van der Waals surface area contributed by atoms with E-state index in [-0.39, 0.29) is 24.6 Å². The molecule has 4 rings (SSSR count). The van der Waals surface area contributed by atoms with Gasteiger partial charge in [-0.2, -0.15) is 18.4 Å². The number of fused-ring (bicyclic) bond motifs is 4. The Morgan fingerprint density at radius 3 is 2.51 bits per heavy atom. The number of nitrogens with zero attached hydrogens (tertiary/aromatic N) is 1. The fraction of sp³-hybridized carbons (Fsp3) is 0.333. The molecule has 0 saturated heterocycles. The first kappa shape index (κ1) is 27.8. The van der Waals surface area contributed by atoms with E-state index in [4.69, 9.17) is 4.74 Å². The number of hydrogen-bond acceptors (Lipinski definition) is 7. The molecule has 11 nitrogen and oxygen atoms in total. The van der Waals surface area contributed by atoms with Gasteiger partial charge in [0.2, 0.25) is 0 Å². The SMILES string of the molecule is CC(C)(C)OC(=O)NS(=O)(=O)NCCNC(=O)c1ccc2c(c1)C(C)(C)c1[nH]c3cc(C#N)ccc3c1C2=O.[HH].[HH].[HH].[HH]. The Bertz CT molecular complexity index is 1680. The summed E-state index contributed by atoms with van der Waals surface area (Å²) in [4.78, 5) is 41.3. The molecule has 0 fully saturated rings. The maximum absolute atomic E-state index is 13.5. The van der Waals surface area contributed by atoms with E-state index in [2.05, 4.69) is 21.1 Å². The van der Waals surface area contributed by atoms with Crippen molar-refractivity contribution in [3.05, 3.63) is 69.9 Å². The van der Waals surface area contributed by atoms with Crippen LogP contribution >= 0.6 is 0 Å². The van der Waals surface area contributed by atoms with Gasteiger partial charge in [0.1, 0.15) is 5.60 Å². The van der Waals surface area contributed by atoms with Crippen LogP contribution in [0, 0.1) is 11.3 Å². The van der Waals surface area contributed by atoms with Gasteiger partial charge in [-0.25, -0.2) is 9.52 Å². The molecule has 2 aromatic carbocycles. The monoisotopic (exact) mass is 559 g/mol. The van der Waals surface area contributed by atoms with Crippen LogP contribution in [-0.4, -0.2) is 49.9 Å². The smallest absolute Gasteiger partial charge is 0.422 e. The van der Waals surface area contributed by atoms with Crippen molar-refractivity contribution in [2.75, 3.05) is 13.1 Å². The van der Waals surface area contributed by atoms with Crippen LogP contribution in [-0.2, 0) is 20.4 Å². The van der Waals surface area contributed by atoms with Gasteiger partial charge in [0, 0.05) is 51.9 Å². The zero-order valence-corrected chi connectivity index (χ0v) is 23.0. The van der Waals surface area contributed by atoms with E-state index in [9.17, 15) is 28.1 Å². The third-order valence-corrected chi connectivity index (χ3v) is 7.32. The van der Waals surface area contributed by atoms with E-state index >= 15 is 0 Å².